The van der Waals surface area contributed by atoms with Crippen LogP contribution >= 0.6 is 0 Å². The average molecular weight is 114 g/mol. The Morgan fingerprint density at radius 1 is 1.88 bits per heavy atom. The molecule has 0 aromatic heterocycles. The monoisotopic (exact) mass is 114 g/mol. The molecule has 1 aliphatic heterocycles. The second-order valence-electron chi connectivity index (χ2n) is 2.32. The van der Waals surface area contributed by atoms with Gasteiger partial charge in [-0.25, -0.2) is 0 Å². The van der Waals surface area contributed by atoms with Crippen molar-refractivity contribution in [2.24, 2.45) is 0 Å². The first-order valence-electron chi connectivity index (χ1n) is 2.87. The zero-order valence-corrected chi connectivity index (χ0v) is 5.26. The number of hydrogen-bond acceptors (Lipinski definition) is 1. The molecule has 1 fully saturated rings. The van der Waals surface area contributed by atoms with Gasteiger partial charge in [0.25, 0.3) is 0 Å². The SMILES string of the molecule is C=CC[N+]1(C)CCO1. The summed E-state index contributed by atoms with van der Waals surface area (Å²) in [6.45, 7) is 6.60. The summed E-state index contributed by atoms with van der Waals surface area (Å²) in [4.78, 5) is 5.22. The van der Waals surface area contributed by atoms with Crippen molar-refractivity contribution in [3.05, 3.63) is 12.7 Å². The van der Waals surface area contributed by atoms with Crippen molar-refractivity contribution in [2.45, 2.75) is 0 Å². The zero-order valence-electron chi connectivity index (χ0n) is 5.26. The van der Waals surface area contributed by atoms with Gasteiger partial charge < -0.3 is 0 Å². The van der Waals surface area contributed by atoms with Crippen LogP contribution in [-0.2, 0) is 4.84 Å². The fourth-order valence-corrected chi connectivity index (χ4v) is 0.820. The van der Waals surface area contributed by atoms with Crippen LogP contribution in [0.3, 0.4) is 0 Å². The third kappa shape index (κ3) is 0.904. The molecule has 1 rings (SSSR count). The second-order valence-corrected chi connectivity index (χ2v) is 2.32. The lowest BCUT2D eigenvalue weighted by Gasteiger charge is -2.37. The summed E-state index contributed by atoms with van der Waals surface area (Å²) in [7, 11) is 2.06. The van der Waals surface area contributed by atoms with E-state index in [2.05, 4.69) is 13.6 Å². The highest BCUT2D eigenvalue weighted by molar-refractivity contribution is 4.64. The molecule has 0 N–H and O–H groups in total. The van der Waals surface area contributed by atoms with Crippen LogP contribution in [0.15, 0.2) is 12.7 Å². The number of hydroxylamine groups is 3. The Morgan fingerprint density at radius 3 is 2.62 bits per heavy atom. The molecule has 0 aliphatic carbocycles. The molecule has 1 atom stereocenters. The predicted octanol–water partition coefficient (Wildman–Crippen LogP) is 0.564. The van der Waals surface area contributed by atoms with E-state index in [1.54, 1.807) is 0 Å². The third-order valence-corrected chi connectivity index (χ3v) is 1.48. The first kappa shape index (κ1) is 5.79. The van der Waals surface area contributed by atoms with E-state index in [9.17, 15) is 0 Å². The van der Waals surface area contributed by atoms with Gasteiger partial charge in [0.1, 0.15) is 13.1 Å². The van der Waals surface area contributed by atoms with E-state index in [0.29, 0.717) is 0 Å². The van der Waals surface area contributed by atoms with Gasteiger partial charge in [-0.05, 0) is 6.08 Å². The third-order valence-electron chi connectivity index (χ3n) is 1.48. The standard InChI is InChI=1S/C6H12NO/c1-3-4-7(2)5-6-8-7/h3H,1,4-6H2,2H3/q+1. The first-order valence-corrected chi connectivity index (χ1v) is 2.87. The van der Waals surface area contributed by atoms with E-state index in [-0.39, 0.29) is 0 Å². The van der Waals surface area contributed by atoms with Crippen LogP contribution in [0.2, 0.25) is 0 Å². The van der Waals surface area contributed by atoms with Crippen molar-refractivity contribution in [1.29, 1.82) is 0 Å². The van der Waals surface area contributed by atoms with E-state index in [0.717, 1.165) is 24.3 Å². The van der Waals surface area contributed by atoms with Crippen LogP contribution in [0.5, 0.6) is 0 Å². The van der Waals surface area contributed by atoms with E-state index in [1.165, 1.54) is 0 Å². The van der Waals surface area contributed by atoms with Gasteiger partial charge in [-0.2, -0.15) is 9.48 Å². The van der Waals surface area contributed by atoms with Crippen molar-refractivity contribution >= 4 is 0 Å². The Hall–Kier alpha value is -0.340. The Balaban J connectivity index is 2.29. The lowest BCUT2D eigenvalue weighted by atomic mass is 10.4. The lowest BCUT2D eigenvalue weighted by Crippen LogP contribution is -2.55. The topological polar surface area (TPSA) is 9.23 Å². The number of likely N-dealkylation sites (N-methyl/N-ethyl adjacent to an activating group) is 1. The van der Waals surface area contributed by atoms with Crippen LogP contribution in [-0.4, -0.2) is 31.4 Å². The Kier molecular flexibility index (Phi) is 1.36. The molecule has 1 saturated heterocycles. The van der Waals surface area contributed by atoms with Gasteiger partial charge in [0.15, 0.2) is 6.61 Å². The molecule has 0 radical (unpaired) electrons. The smallest absolute Gasteiger partial charge is 0.158 e. The second kappa shape index (κ2) is 1.88. The normalized spacial score (nSPS) is 36.1. The number of nitrogens with zero attached hydrogens (tertiary/aromatic N) is 1. The molecule has 46 valence electrons. The highest BCUT2D eigenvalue weighted by Gasteiger charge is 2.31. The van der Waals surface area contributed by atoms with Crippen molar-refractivity contribution in [1.82, 2.24) is 0 Å². The van der Waals surface area contributed by atoms with E-state index >= 15 is 0 Å². The van der Waals surface area contributed by atoms with Crippen molar-refractivity contribution in [3.63, 3.8) is 0 Å². The molecule has 0 amide bonds. The maximum absolute atomic E-state index is 5.22. The van der Waals surface area contributed by atoms with Crippen LogP contribution < -0.4 is 0 Å². The molecule has 1 unspecified atom stereocenters. The molecule has 8 heavy (non-hydrogen) atoms. The van der Waals surface area contributed by atoms with E-state index in [1.807, 2.05) is 6.08 Å². The largest absolute Gasteiger partial charge is 0.197 e. The zero-order chi connectivity index (χ0) is 6.04. The summed E-state index contributed by atoms with van der Waals surface area (Å²) in [5.41, 5.74) is 0. The van der Waals surface area contributed by atoms with Gasteiger partial charge in [-0.3, -0.25) is 0 Å². The molecular weight excluding hydrogens is 102 g/mol. The first-order chi connectivity index (χ1) is 3.77. The maximum atomic E-state index is 5.22. The fraction of sp³-hybridized carbons (Fsp3) is 0.667. The maximum Gasteiger partial charge on any atom is 0.158 e. The predicted molar refractivity (Wildman–Crippen MR) is 32.1 cm³/mol. The minimum Gasteiger partial charge on any atom is -0.197 e. The highest BCUT2D eigenvalue weighted by atomic mass is 16.7. The minimum absolute atomic E-state index is 0.726. The molecular formula is C6H12NO+. The quantitative estimate of drug-likeness (QED) is 0.376. The summed E-state index contributed by atoms with van der Waals surface area (Å²) in [5.74, 6) is 0. The van der Waals surface area contributed by atoms with Gasteiger partial charge in [0.2, 0.25) is 0 Å². The van der Waals surface area contributed by atoms with Gasteiger partial charge in [-0.1, -0.05) is 6.58 Å². The minimum atomic E-state index is 0.726. The summed E-state index contributed by atoms with van der Waals surface area (Å²) < 4.78 is 0.726. The Labute approximate surface area is 49.9 Å². The molecule has 1 aliphatic rings. The summed E-state index contributed by atoms with van der Waals surface area (Å²) >= 11 is 0. The molecule has 0 aromatic rings. The van der Waals surface area contributed by atoms with Crippen molar-refractivity contribution in [3.8, 4) is 0 Å². The molecule has 0 aromatic carbocycles. The van der Waals surface area contributed by atoms with Crippen LogP contribution in [0.1, 0.15) is 0 Å². The van der Waals surface area contributed by atoms with Crippen molar-refractivity contribution in [2.75, 3.05) is 26.7 Å². The number of rotatable bonds is 2. The molecule has 1 heterocycles. The van der Waals surface area contributed by atoms with Crippen molar-refractivity contribution < 1.29 is 9.48 Å². The van der Waals surface area contributed by atoms with Gasteiger partial charge >= 0.3 is 0 Å². The lowest BCUT2D eigenvalue weighted by molar-refractivity contribution is -1.13. The molecule has 2 heteroatoms. The number of hydrogen-bond donors (Lipinski definition) is 0. The summed E-state index contributed by atoms with van der Waals surface area (Å²) in [5, 5.41) is 0. The molecule has 2 nitrogen and oxygen atoms in total. The Bertz CT molecular complexity index is 96.7. The summed E-state index contributed by atoms with van der Waals surface area (Å²) in [6.07, 6.45) is 1.89. The van der Waals surface area contributed by atoms with Gasteiger partial charge in [0, 0.05) is 0 Å². The van der Waals surface area contributed by atoms with Crippen LogP contribution in [0.4, 0.5) is 0 Å². The van der Waals surface area contributed by atoms with E-state index in [4.69, 9.17) is 4.84 Å². The highest BCUT2D eigenvalue weighted by Crippen LogP contribution is 2.12. The molecule has 0 bridgehead atoms. The van der Waals surface area contributed by atoms with Crippen LogP contribution in [0.25, 0.3) is 0 Å². The average Bonchev–Trinajstić information content (AvgIpc) is 1.64. The van der Waals surface area contributed by atoms with Gasteiger partial charge in [0.05, 0.1) is 7.05 Å². The molecule has 0 saturated carbocycles. The number of quaternary nitrogens is 1. The van der Waals surface area contributed by atoms with E-state index < -0.39 is 0 Å². The van der Waals surface area contributed by atoms with Crippen LogP contribution in [0, 0.1) is 0 Å². The molecule has 0 spiro atoms. The van der Waals surface area contributed by atoms with Gasteiger partial charge in [-0.15, -0.1) is 0 Å². The summed E-state index contributed by atoms with van der Waals surface area (Å²) in [6, 6.07) is 0. The Morgan fingerprint density at radius 2 is 2.50 bits per heavy atom. The fourth-order valence-electron chi connectivity index (χ4n) is 0.820.